The Morgan fingerprint density at radius 2 is 1.85 bits per heavy atom. The Hall–Kier alpha value is -4.02. The molecule has 202 valence electrons. The van der Waals surface area contributed by atoms with Crippen molar-refractivity contribution in [2.45, 2.75) is 12.5 Å². The number of carbonyl (C=O) groups excluding carboxylic acids is 2. The van der Waals surface area contributed by atoms with Gasteiger partial charge in [-0.1, -0.05) is 11.6 Å². The number of nitrogens with zero attached hydrogens (tertiary/aromatic N) is 2. The third kappa shape index (κ3) is 6.02. The zero-order chi connectivity index (χ0) is 27.5. The fourth-order valence-corrected chi connectivity index (χ4v) is 4.78. The maximum atomic E-state index is 15.0. The number of anilines is 1. The van der Waals surface area contributed by atoms with E-state index in [2.05, 4.69) is 10.3 Å². The number of fused-ring (bicyclic) bond motifs is 1. The molecule has 1 unspecified atom stereocenters. The summed E-state index contributed by atoms with van der Waals surface area (Å²) in [4.78, 5) is 30.2. The van der Waals surface area contributed by atoms with E-state index in [1.807, 2.05) is 0 Å². The molecule has 8 nitrogen and oxygen atoms in total. The second-order valence-electron chi connectivity index (χ2n) is 9.20. The first-order valence-electron chi connectivity index (χ1n) is 12.3. The van der Waals surface area contributed by atoms with Crippen molar-refractivity contribution in [2.75, 3.05) is 38.6 Å². The highest BCUT2D eigenvalue weighted by molar-refractivity contribution is 6.32. The normalized spacial score (nSPS) is 16.7. The van der Waals surface area contributed by atoms with Crippen LogP contribution in [0.3, 0.4) is 0 Å². The van der Waals surface area contributed by atoms with Crippen LogP contribution in [-0.4, -0.2) is 60.7 Å². The number of pyridine rings is 1. The van der Waals surface area contributed by atoms with Crippen molar-refractivity contribution in [1.29, 1.82) is 0 Å². The summed E-state index contributed by atoms with van der Waals surface area (Å²) >= 11 is 6.45. The van der Waals surface area contributed by atoms with Crippen LogP contribution in [0, 0.1) is 11.6 Å². The largest absolute Gasteiger partial charge is 0.486 e. The molecule has 2 amide bonds. The standard InChI is InChI=1S/C28H25ClF2N4O4/c29-21-11-17(18-12-22(30)26(23(31)13-18)28(37)35-5-7-38-8-6-35)9-19-10-20(39-27(19)21)15-34-25(36)4-2-16-1-3-24(32)33-14-16/h1-4,9,11-14,20H,5-8,10,15H2,(H2,32,33)(H,34,36)/b4-2+. The average Bonchev–Trinajstić information content (AvgIpc) is 3.35. The van der Waals surface area contributed by atoms with Gasteiger partial charge in [0, 0.05) is 37.3 Å². The van der Waals surface area contributed by atoms with Crippen molar-refractivity contribution in [3.05, 3.63) is 82.0 Å². The Balaban J connectivity index is 1.25. The summed E-state index contributed by atoms with van der Waals surface area (Å²) < 4.78 is 41.1. The van der Waals surface area contributed by atoms with Crippen molar-refractivity contribution in [1.82, 2.24) is 15.2 Å². The zero-order valence-corrected chi connectivity index (χ0v) is 21.5. The van der Waals surface area contributed by atoms with Crippen LogP contribution in [0.5, 0.6) is 5.75 Å². The number of amides is 2. The van der Waals surface area contributed by atoms with Crippen LogP contribution in [0.25, 0.3) is 17.2 Å². The van der Waals surface area contributed by atoms with E-state index in [1.54, 1.807) is 36.5 Å². The van der Waals surface area contributed by atoms with Gasteiger partial charge in [-0.05, 0) is 59.2 Å². The molecule has 2 aliphatic heterocycles. The number of halogens is 3. The highest BCUT2D eigenvalue weighted by Crippen LogP contribution is 2.40. The summed E-state index contributed by atoms with van der Waals surface area (Å²) in [5.74, 6) is -2.05. The molecule has 1 aromatic heterocycles. The van der Waals surface area contributed by atoms with Gasteiger partial charge in [-0.2, -0.15) is 0 Å². The van der Waals surface area contributed by atoms with Gasteiger partial charge in [0.25, 0.3) is 5.91 Å². The molecule has 2 aliphatic rings. The minimum absolute atomic E-state index is 0.227. The number of morpholine rings is 1. The maximum Gasteiger partial charge on any atom is 0.259 e. The van der Waals surface area contributed by atoms with E-state index in [-0.39, 0.29) is 42.2 Å². The van der Waals surface area contributed by atoms with Gasteiger partial charge in [0.15, 0.2) is 0 Å². The molecule has 0 radical (unpaired) electrons. The van der Waals surface area contributed by atoms with E-state index in [1.165, 1.54) is 11.0 Å². The summed E-state index contributed by atoms with van der Waals surface area (Å²) in [6.07, 6.45) is 4.63. The summed E-state index contributed by atoms with van der Waals surface area (Å²) in [5, 5.41) is 3.06. The predicted molar refractivity (Wildman–Crippen MR) is 142 cm³/mol. The molecular formula is C28H25ClF2N4O4. The number of benzene rings is 2. The molecule has 0 bridgehead atoms. The Bertz CT molecular complexity index is 1420. The molecule has 3 aromatic rings. The molecule has 3 N–H and O–H groups in total. The lowest BCUT2D eigenvalue weighted by molar-refractivity contribution is -0.116. The van der Waals surface area contributed by atoms with Crippen molar-refractivity contribution in [3.63, 3.8) is 0 Å². The Labute approximate surface area is 228 Å². The molecule has 3 heterocycles. The number of nitrogen functional groups attached to an aromatic ring is 1. The SMILES string of the molecule is Nc1ccc(/C=C/C(=O)NCC2Cc3cc(-c4cc(F)c(C(=O)N5CCOCC5)c(F)c4)cc(Cl)c3O2)cn1. The van der Waals surface area contributed by atoms with Crippen LogP contribution in [0.1, 0.15) is 21.5 Å². The molecule has 2 aromatic carbocycles. The molecule has 5 rings (SSSR count). The average molecular weight is 555 g/mol. The van der Waals surface area contributed by atoms with E-state index in [0.29, 0.717) is 36.8 Å². The van der Waals surface area contributed by atoms with Crippen LogP contribution in [-0.2, 0) is 16.0 Å². The monoisotopic (exact) mass is 554 g/mol. The summed E-state index contributed by atoms with van der Waals surface area (Å²) in [6.45, 7) is 1.43. The Kier molecular flexibility index (Phi) is 7.76. The minimum atomic E-state index is -0.947. The third-order valence-electron chi connectivity index (χ3n) is 6.48. The van der Waals surface area contributed by atoms with Gasteiger partial charge in [0.1, 0.15) is 34.9 Å². The predicted octanol–water partition coefficient (Wildman–Crippen LogP) is 3.87. The van der Waals surface area contributed by atoms with Crippen LogP contribution < -0.4 is 15.8 Å². The summed E-state index contributed by atoms with van der Waals surface area (Å²) in [7, 11) is 0. The first kappa shape index (κ1) is 26.6. The lowest BCUT2D eigenvalue weighted by Crippen LogP contribution is -2.41. The fraction of sp³-hybridized carbons (Fsp3) is 0.250. The van der Waals surface area contributed by atoms with Crippen molar-refractivity contribution in [2.24, 2.45) is 0 Å². The van der Waals surface area contributed by atoms with E-state index in [9.17, 15) is 18.4 Å². The second kappa shape index (κ2) is 11.4. The zero-order valence-electron chi connectivity index (χ0n) is 20.8. The van der Waals surface area contributed by atoms with Gasteiger partial charge in [-0.15, -0.1) is 0 Å². The van der Waals surface area contributed by atoms with Gasteiger partial charge >= 0.3 is 0 Å². The first-order valence-corrected chi connectivity index (χ1v) is 12.7. The number of rotatable bonds is 6. The lowest BCUT2D eigenvalue weighted by atomic mass is 9.98. The second-order valence-corrected chi connectivity index (χ2v) is 9.61. The number of nitrogens with one attached hydrogen (secondary N) is 1. The van der Waals surface area contributed by atoms with Gasteiger partial charge in [-0.25, -0.2) is 13.8 Å². The highest BCUT2D eigenvalue weighted by atomic mass is 35.5. The van der Waals surface area contributed by atoms with E-state index in [4.69, 9.17) is 26.8 Å². The van der Waals surface area contributed by atoms with Crippen molar-refractivity contribution < 1.29 is 27.8 Å². The smallest absolute Gasteiger partial charge is 0.259 e. The Morgan fingerprint density at radius 1 is 1.13 bits per heavy atom. The molecule has 39 heavy (non-hydrogen) atoms. The maximum absolute atomic E-state index is 15.0. The number of aromatic nitrogens is 1. The van der Waals surface area contributed by atoms with Gasteiger partial charge in [0.2, 0.25) is 5.91 Å². The highest BCUT2D eigenvalue weighted by Gasteiger charge is 2.28. The van der Waals surface area contributed by atoms with Crippen LogP contribution in [0.2, 0.25) is 5.02 Å². The number of nitrogens with two attached hydrogens (primary N) is 1. The summed E-state index contributed by atoms with van der Waals surface area (Å²) in [5.41, 5.74) is 7.17. The summed E-state index contributed by atoms with van der Waals surface area (Å²) in [6, 6.07) is 8.95. The molecule has 11 heteroatoms. The Morgan fingerprint density at radius 3 is 2.54 bits per heavy atom. The molecule has 1 saturated heterocycles. The topological polar surface area (TPSA) is 107 Å². The minimum Gasteiger partial charge on any atom is -0.486 e. The van der Waals surface area contributed by atoms with E-state index < -0.39 is 23.1 Å². The number of hydrogen-bond acceptors (Lipinski definition) is 6. The molecule has 1 atom stereocenters. The van der Waals surface area contributed by atoms with E-state index in [0.717, 1.165) is 23.3 Å². The van der Waals surface area contributed by atoms with Crippen LogP contribution in [0.15, 0.2) is 48.7 Å². The fourth-order valence-electron chi connectivity index (χ4n) is 4.50. The quantitative estimate of drug-likeness (QED) is 0.448. The molecule has 0 saturated carbocycles. The number of ether oxygens (including phenoxy) is 2. The third-order valence-corrected chi connectivity index (χ3v) is 6.76. The van der Waals surface area contributed by atoms with Crippen LogP contribution >= 0.6 is 11.6 Å². The van der Waals surface area contributed by atoms with Crippen molar-refractivity contribution >= 4 is 35.3 Å². The van der Waals surface area contributed by atoms with E-state index >= 15 is 0 Å². The van der Waals surface area contributed by atoms with Gasteiger partial charge in [0.05, 0.1) is 24.8 Å². The first-order chi connectivity index (χ1) is 18.8. The molecule has 1 fully saturated rings. The number of hydrogen-bond donors (Lipinski definition) is 2. The van der Waals surface area contributed by atoms with Gasteiger partial charge in [-0.3, -0.25) is 9.59 Å². The lowest BCUT2D eigenvalue weighted by Gasteiger charge is -2.27. The van der Waals surface area contributed by atoms with Crippen molar-refractivity contribution in [3.8, 4) is 16.9 Å². The number of carbonyl (C=O) groups is 2. The van der Waals surface area contributed by atoms with Crippen LogP contribution in [0.4, 0.5) is 14.6 Å². The molecular weight excluding hydrogens is 530 g/mol. The van der Waals surface area contributed by atoms with Gasteiger partial charge < -0.3 is 25.4 Å². The molecule has 0 aliphatic carbocycles. The molecule has 0 spiro atoms.